The molecule has 4 nitrogen and oxygen atoms in total. The molecule has 0 aliphatic rings. The molecule has 0 aliphatic heterocycles. The van der Waals surface area contributed by atoms with Crippen molar-refractivity contribution >= 4 is 5.97 Å². The number of aryl methyl sites for hydroxylation is 2. The van der Waals surface area contributed by atoms with Crippen molar-refractivity contribution in [2.75, 3.05) is 0 Å². The summed E-state index contributed by atoms with van der Waals surface area (Å²) in [5, 5.41) is 8.92. The van der Waals surface area contributed by atoms with Crippen LogP contribution in [-0.4, -0.2) is 20.6 Å². The van der Waals surface area contributed by atoms with Gasteiger partial charge in [0.1, 0.15) is 5.69 Å². The highest BCUT2D eigenvalue weighted by Crippen LogP contribution is 2.04. The molecule has 0 aliphatic carbocycles. The van der Waals surface area contributed by atoms with E-state index in [4.69, 9.17) is 5.11 Å². The number of hydrogen-bond acceptors (Lipinski definition) is 2. The molecule has 82 valence electrons. The smallest absolute Gasteiger partial charge is 0.352 e. The zero-order valence-electron chi connectivity index (χ0n) is 8.71. The molecule has 0 unspecified atom stereocenters. The Balaban J connectivity index is 2.05. The quantitative estimate of drug-likeness (QED) is 0.848. The molecule has 4 heteroatoms. The SMILES string of the molecule is O=C(O)c1cccn1CCc1ccccn1. The van der Waals surface area contributed by atoms with Crippen molar-refractivity contribution in [3.8, 4) is 0 Å². The maximum Gasteiger partial charge on any atom is 0.352 e. The van der Waals surface area contributed by atoms with Crippen LogP contribution in [0.25, 0.3) is 0 Å². The van der Waals surface area contributed by atoms with Gasteiger partial charge < -0.3 is 9.67 Å². The molecule has 0 fully saturated rings. The van der Waals surface area contributed by atoms with E-state index in [1.807, 2.05) is 18.2 Å². The third kappa shape index (κ3) is 2.28. The molecule has 0 atom stereocenters. The van der Waals surface area contributed by atoms with Gasteiger partial charge in [-0.05, 0) is 24.3 Å². The number of carbonyl (C=O) groups is 1. The van der Waals surface area contributed by atoms with Crippen LogP contribution in [0.4, 0.5) is 0 Å². The Morgan fingerprint density at radius 1 is 1.31 bits per heavy atom. The van der Waals surface area contributed by atoms with Gasteiger partial charge in [-0.3, -0.25) is 4.98 Å². The Bertz CT molecular complexity index is 477. The summed E-state index contributed by atoms with van der Waals surface area (Å²) in [6, 6.07) is 9.06. The number of hydrogen-bond donors (Lipinski definition) is 1. The second-order valence-corrected chi connectivity index (χ2v) is 3.46. The van der Waals surface area contributed by atoms with Gasteiger partial charge in [0, 0.05) is 31.1 Å². The molecular weight excluding hydrogens is 204 g/mol. The molecular formula is C12H12N2O2. The monoisotopic (exact) mass is 216 g/mol. The topological polar surface area (TPSA) is 55.1 Å². The first-order valence-corrected chi connectivity index (χ1v) is 5.06. The Morgan fingerprint density at radius 3 is 2.88 bits per heavy atom. The van der Waals surface area contributed by atoms with E-state index in [-0.39, 0.29) is 0 Å². The van der Waals surface area contributed by atoms with Crippen molar-refractivity contribution in [3.63, 3.8) is 0 Å². The Kier molecular flexibility index (Phi) is 3.00. The van der Waals surface area contributed by atoms with E-state index in [1.54, 1.807) is 29.1 Å². The van der Waals surface area contributed by atoms with Gasteiger partial charge in [0.2, 0.25) is 0 Å². The maximum absolute atomic E-state index is 10.9. The van der Waals surface area contributed by atoms with Crippen LogP contribution in [-0.2, 0) is 13.0 Å². The third-order valence-corrected chi connectivity index (χ3v) is 2.38. The van der Waals surface area contributed by atoms with Crippen LogP contribution in [0, 0.1) is 0 Å². The summed E-state index contributed by atoms with van der Waals surface area (Å²) >= 11 is 0. The van der Waals surface area contributed by atoms with Gasteiger partial charge in [0.25, 0.3) is 0 Å². The number of carboxylic acids is 1. The summed E-state index contributed by atoms with van der Waals surface area (Å²) in [6.45, 7) is 0.631. The minimum absolute atomic E-state index is 0.316. The van der Waals surface area contributed by atoms with E-state index in [2.05, 4.69) is 4.98 Å². The molecule has 1 N–H and O–H groups in total. The zero-order chi connectivity index (χ0) is 11.4. The van der Waals surface area contributed by atoms with Crippen molar-refractivity contribution in [2.45, 2.75) is 13.0 Å². The van der Waals surface area contributed by atoms with Gasteiger partial charge in [-0.1, -0.05) is 6.07 Å². The van der Waals surface area contributed by atoms with Crippen LogP contribution in [0.5, 0.6) is 0 Å². The highest BCUT2D eigenvalue weighted by Gasteiger charge is 2.07. The maximum atomic E-state index is 10.9. The Hall–Kier alpha value is -2.10. The first-order chi connectivity index (χ1) is 7.77. The second kappa shape index (κ2) is 4.61. The predicted octanol–water partition coefficient (Wildman–Crippen LogP) is 1.82. The number of pyridine rings is 1. The van der Waals surface area contributed by atoms with Crippen LogP contribution in [0.2, 0.25) is 0 Å². The predicted molar refractivity (Wildman–Crippen MR) is 59.3 cm³/mol. The number of carboxylic acid groups (broad SMARTS) is 1. The minimum Gasteiger partial charge on any atom is -0.477 e. The van der Waals surface area contributed by atoms with Crippen LogP contribution >= 0.6 is 0 Å². The number of nitrogens with zero attached hydrogens (tertiary/aromatic N) is 2. The average molecular weight is 216 g/mol. The zero-order valence-corrected chi connectivity index (χ0v) is 8.71. The molecule has 2 heterocycles. The summed E-state index contributed by atoms with van der Waals surface area (Å²) in [6.07, 6.45) is 4.24. The summed E-state index contributed by atoms with van der Waals surface area (Å²) in [5.41, 5.74) is 1.28. The lowest BCUT2D eigenvalue weighted by atomic mass is 10.2. The van der Waals surface area contributed by atoms with Gasteiger partial charge in [-0.15, -0.1) is 0 Å². The lowest BCUT2D eigenvalue weighted by Crippen LogP contribution is -2.09. The molecule has 0 saturated heterocycles. The van der Waals surface area contributed by atoms with E-state index in [1.165, 1.54) is 0 Å². The summed E-state index contributed by atoms with van der Waals surface area (Å²) in [7, 11) is 0. The van der Waals surface area contributed by atoms with Crippen molar-refractivity contribution in [1.29, 1.82) is 0 Å². The standard InChI is InChI=1S/C12H12N2O2/c15-12(16)11-5-3-8-14(11)9-6-10-4-1-2-7-13-10/h1-5,7-8H,6,9H2,(H,15,16). The molecule has 0 radical (unpaired) electrons. The fourth-order valence-corrected chi connectivity index (χ4v) is 1.58. The van der Waals surface area contributed by atoms with Crippen LogP contribution < -0.4 is 0 Å². The summed E-state index contributed by atoms with van der Waals surface area (Å²) < 4.78 is 1.72. The molecule has 2 aromatic heterocycles. The fraction of sp³-hybridized carbons (Fsp3) is 0.167. The highest BCUT2D eigenvalue weighted by atomic mass is 16.4. The molecule has 0 spiro atoms. The van der Waals surface area contributed by atoms with Gasteiger partial charge in [-0.25, -0.2) is 4.79 Å². The lowest BCUT2D eigenvalue weighted by molar-refractivity contribution is 0.0685. The third-order valence-electron chi connectivity index (χ3n) is 2.38. The normalized spacial score (nSPS) is 10.2. The summed E-state index contributed by atoms with van der Waals surface area (Å²) in [5.74, 6) is -0.897. The van der Waals surface area contributed by atoms with E-state index in [9.17, 15) is 4.79 Å². The van der Waals surface area contributed by atoms with Gasteiger partial charge >= 0.3 is 5.97 Å². The fourth-order valence-electron chi connectivity index (χ4n) is 1.58. The molecule has 0 saturated carbocycles. The Labute approximate surface area is 93.2 Å². The van der Waals surface area contributed by atoms with E-state index in [0.717, 1.165) is 12.1 Å². The minimum atomic E-state index is -0.897. The molecule has 2 aromatic rings. The summed E-state index contributed by atoms with van der Waals surface area (Å²) in [4.78, 5) is 15.0. The number of aromatic nitrogens is 2. The number of aromatic carboxylic acids is 1. The average Bonchev–Trinajstić information content (AvgIpc) is 2.76. The van der Waals surface area contributed by atoms with Crippen LogP contribution in [0.3, 0.4) is 0 Å². The lowest BCUT2D eigenvalue weighted by Gasteiger charge is -2.05. The van der Waals surface area contributed by atoms with Crippen molar-refractivity contribution in [3.05, 3.63) is 54.1 Å². The van der Waals surface area contributed by atoms with Crippen molar-refractivity contribution in [1.82, 2.24) is 9.55 Å². The molecule has 0 amide bonds. The van der Waals surface area contributed by atoms with Gasteiger partial charge in [0.15, 0.2) is 0 Å². The van der Waals surface area contributed by atoms with Crippen LogP contribution in [0.15, 0.2) is 42.7 Å². The van der Waals surface area contributed by atoms with E-state index < -0.39 is 5.97 Å². The first-order valence-electron chi connectivity index (χ1n) is 5.06. The van der Waals surface area contributed by atoms with E-state index >= 15 is 0 Å². The highest BCUT2D eigenvalue weighted by molar-refractivity contribution is 5.85. The first kappa shape index (κ1) is 10.4. The van der Waals surface area contributed by atoms with E-state index in [0.29, 0.717) is 12.2 Å². The largest absolute Gasteiger partial charge is 0.477 e. The number of rotatable bonds is 4. The van der Waals surface area contributed by atoms with Gasteiger partial charge in [-0.2, -0.15) is 0 Å². The van der Waals surface area contributed by atoms with Crippen LogP contribution in [0.1, 0.15) is 16.2 Å². The molecule has 2 rings (SSSR count). The molecule has 16 heavy (non-hydrogen) atoms. The van der Waals surface area contributed by atoms with Crippen molar-refractivity contribution < 1.29 is 9.90 Å². The van der Waals surface area contributed by atoms with Crippen molar-refractivity contribution in [2.24, 2.45) is 0 Å². The molecule has 0 bridgehead atoms. The Morgan fingerprint density at radius 2 is 2.19 bits per heavy atom. The second-order valence-electron chi connectivity index (χ2n) is 3.46. The van der Waals surface area contributed by atoms with Gasteiger partial charge in [0.05, 0.1) is 0 Å². The molecule has 0 aromatic carbocycles.